The fraction of sp³-hybridized carbons (Fsp3) is 0.895. The van der Waals surface area contributed by atoms with Crippen molar-refractivity contribution in [3.8, 4) is 0 Å². The highest BCUT2D eigenvalue weighted by Crippen LogP contribution is 2.63. The lowest BCUT2D eigenvalue weighted by Crippen LogP contribution is -2.41. The van der Waals surface area contributed by atoms with E-state index in [0.29, 0.717) is 24.4 Å². The first kappa shape index (κ1) is 19.4. The van der Waals surface area contributed by atoms with Crippen LogP contribution in [-0.2, 0) is 19.1 Å². The Balaban J connectivity index is 1.55. The molecule has 1 aliphatic heterocycles. The van der Waals surface area contributed by atoms with Gasteiger partial charge in [0.05, 0.1) is 25.0 Å². The summed E-state index contributed by atoms with van der Waals surface area (Å²) in [5.74, 6) is -0.706. The summed E-state index contributed by atoms with van der Waals surface area (Å²) in [6, 6.07) is 0. The van der Waals surface area contributed by atoms with Crippen LogP contribution in [0.5, 0.6) is 0 Å². The average molecular weight is 387 g/mol. The molecule has 0 aromatic carbocycles. The Kier molecular flexibility index (Phi) is 5.69. The lowest BCUT2D eigenvalue weighted by molar-refractivity contribution is -0.163. The van der Waals surface area contributed by atoms with Crippen LogP contribution >= 0.6 is 24.4 Å². The minimum atomic E-state index is -0.351. The van der Waals surface area contributed by atoms with Crippen molar-refractivity contribution in [3.05, 3.63) is 0 Å². The summed E-state index contributed by atoms with van der Waals surface area (Å²) in [5.41, 5.74) is 0. The third kappa shape index (κ3) is 4.49. The van der Waals surface area contributed by atoms with Gasteiger partial charge >= 0.3 is 11.9 Å². The van der Waals surface area contributed by atoms with Crippen LogP contribution in [-0.4, -0.2) is 39.9 Å². The van der Waals surface area contributed by atoms with Gasteiger partial charge < -0.3 is 9.47 Å². The second-order valence-electron chi connectivity index (χ2n) is 8.39. The highest BCUT2D eigenvalue weighted by Gasteiger charge is 2.60. The number of carbonyl (C=O) groups excluding carboxylic acids is 2. The number of esters is 2. The minimum Gasteiger partial charge on any atom is -0.466 e. The normalized spacial score (nSPS) is 43.0. The van der Waals surface area contributed by atoms with E-state index in [2.05, 4.69) is 26.5 Å². The van der Waals surface area contributed by atoms with Crippen molar-refractivity contribution in [1.29, 1.82) is 0 Å². The fourth-order valence-electron chi connectivity index (χ4n) is 4.27. The molecular weight excluding hydrogens is 356 g/mol. The van der Waals surface area contributed by atoms with Crippen LogP contribution in [0, 0.1) is 17.8 Å². The third-order valence-corrected chi connectivity index (χ3v) is 8.33. The van der Waals surface area contributed by atoms with Crippen LogP contribution < -0.4 is 0 Å². The molecular formula is C19H30O4S2. The van der Waals surface area contributed by atoms with Gasteiger partial charge in [-0.3, -0.25) is 9.59 Å². The molecule has 3 aliphatic rings. The predicted octanol–water partition coefficient (Wildman–Crippen LogP) is 3.87. The molecule has 2 aliphatic carbocycles. The van der Waals surface area contributed by atoms with E-state index >= 15 is 0 Å². The van der Waals surface area contributed by atoms with Gasteiger partial charge in [-0.05, 0) is 58.3 Å². The van der Waals surface area contributed by atoms with Gasteiger partial charge in [0.15, 0.2) is 0 Å². The number of hydrogen-bond acceptors (Lipinski definition) is 6. The van der Waals surface area contributed by atoms with E-state index in [0.717, 1.165) is 38.5 Å². The van der Waals surface area contributed by atoms with Crippen LogP contribution in [0.3, 0.4) is 0 Å². The summed E-state index contributed by atoms with van der Waals surface area (Å²) in [6.45, 7) is 7.00. The van der Waals surface area contributed by atoms with Crippen molar-refractivity contribution >= 4 is 36.3 Å². The zero-order chi connectivity index (χ0) is 18.2. The van der Waals surface area contributed by atoms with Gasteiger partial charge in [-0.2, -0.15) is 12.6 Å². The van der Waals surface area contributed by atoms with Crippen molar-refractivity contribution in [2.75, 3.05) is 13.2 Å². The summed E-state index contributed by atoms with van der Waals surface area (Å²) in [4.78, 5) is 25.1. The summed E-state index contributed by atoms with van der Waals surface area (Å²) in [6.07, 6.45) is 5.69. The molecule has 1 saturated heterocycles. The van der Waals surface area contributed by atoms with Gasteiger partial charge in [0, 0.05) is 14.7 Å². The Morgan fingerprint density at radius 2 is 1.76 bits per heavy atom. The first-order valence-electron chi connectivity index (χ1n) is 9.47. The first-order chi connectivity index (χ1) is 11.7. The van der Waals surface area contributed by atoms with Crippen molar-refractivity contribution < 1.29 is 19.1 Å². The molecule has 1 heterocycles. The smallest absolute Gasteiger partial charge is 0.309 e. The maximum Gasteiger partial charge on any atom is 0.309 e. The molecule has 0 spiro atoms. The summed E-state index contributed by atoms with van der Waals surface area (Å²) in [5, 5.41) is 0.482. The molecule has 0 aromatic rings. The van der Waals surface area contributed by atoms with Crippen molar-refractivity contribution in [2.24, 2.45) is 17.8 Å². The summed E-state index contributed by atoms with van der Waals surface area (Å²) in [7, 11) is 0. The molecule has 4 atom stereocenters. The van der Waals surface area contributed by atoms with E-state index in [-0.39, 0.29) is 33.3 Å². The van der Waals surface area contributed by atoms with Crippen molar-refractivity contribution in [1.82, 2.24) is 0 Å². The van der Waals surface area contributed by atoms with Crippen molar-refractivity contribution in [3.63, 3.8) is 0 Å². The third-order valence-electron chi connectivity index (χ3n) is 6.15. The first-order valence-corrected chi connectivity index (χ1v) is 10.8. The number of ether oxygens (including phenoxy) is 2. The largest absolute Gasteiger partial charge is 0.466 e. The zero-order valence-electron chi connectivity index (χ0n) is 15.5. The van der Waals surface area contributed by atoms with Crippen LogP contribution in [0.25, 0.3) is 0 Å². The van der Waals surface area contributed by atoms with E-state index in [1.165, 1.54) is 0 Å². The molecule has 142 valence electrons. The SMILES string of the molecule is CCOC(=O)C1CC2(C)SC2CC1C(=O)OCC1CCC(C)(S)CC1. The zero-order valence-corrected chi connectivity index (χ0v) is 17.2. The van der Waals surface area contributed by atoms with E-state index < -0.39 is 0 Å². The van der Waals surface area contributed by atoms with Crippen LogP contribution in [0.2, 0.25) is 0 Å². The van der Waals surface area contributed by atoms with Crippen LogP contribution in [0.15, 0.2) is 0 Å². The van der Waals surface area contributed by atoms with Crippen molar-refractivity contribution in [2.45, 2.75) is 74.0 Å². The van der Waals surface area contributed by atoms with Gasteiger partial charge in [-0.25, -0.2) is 0 Å². The predicted molar refractivity (Wildman–Crippen MR) is 103 cm³/mol. The second-order valence-corrected chi connectivity index (χ2v) is 11.2. The van der Waals surface area contributed by atoms with E-state index in [4.69, 9.17) is 9.47 Å². The molecule has 3 rings (SSSR count). The molecule has 0 bridgehead atoms. The molecule has 4 nitrogen and oxygen atoms in total. The fourth-order valence-corrected chi connectivity index (χ4v) is 5.88. The monoisotopic (exact) mass is 386 g/mol. The maximum absolute atomic E-state index is 12.7. The van der Waals surface area contributed by atoms with E-state index in [1.807, 2.05) is 18.7 Å². The average Bonchev–Trinajstić information content (AvgIpc) is 3.23. The molecule has 0 radical (unpaired) electrons. The molecule has 4 unspecified atom stereocenters. The Morgan fingerprint density at radius 1 is 1.12 bits per heavy atom. The number of hydrogen-bond donors (Lipinski definition) is 1. The van der Waals surface area contributed by atoms with E-state index in [9.17, 15) is 9.59 Å². The Hall–Kier alpha value is -0.360. The number of rotatable bonds is 5. The van der Waals surface area contributed by atoms with Gasteiger partial charge in [0.1, 0.15) is 0 Å². The Morgan fingerprint density at radius 3 is 2.40 bits per heavy atom. The standard InChI is InChI=1S/C19H30O4S2/c1-4-22-17(21)14-10-19(3)15(25-19)9-13(14)16(20)23-11-12-5-7-18(2,24)8-6-12/h12-15,24H,4-11H2,1-3H3. The van der Waals surface area contributed by atoms with Crippen LogP contribution in [0.4, 0.5) is 0 Å². The highest BCUT2D eigenvalue weighted by atomic mass is 32.2. The van der Waals surface area contributed by atoms with Gasteiger partial charge in [-0.1, -0.05) is 6.92 Å². The molecule has 0 aromatic heterocycles. The summed E-state index contributed by atoms with van der Waals surface area (Å²) >= 11 is 6.55. The second kappa shape index (κ2) is 7.34. The molecule has 3 fully saturated rings. The number of fused-ring (bicyclic) bond motifs is 1. The maximum atomic E-state index is 12.7. The van der Waals surface area contributed by atoms with E-state index in [1.54, 1.807) is 0 Å². The van der Waals surface area contributed by atoms with Gasteiger partial charge in [-0.15, -0.1) is 11.8 Å². The molecule has 0 N–H and O–H groups in total. The molecule has 0 amide bonds. The Bertz CT molecular complexity index is 526. The lowest BCUT2D eigenvalue weighted by Gasteiger charge is -2.34. The molecule has 6 heteroatoms. The summed E-state index contributed by atoms with van der Waals surface area (Å²) < 4.78 is 11.2. The molecule has 2 saturated carbocycles. The molecule has 25 heavy (non-hydrogen) atoms. The minimum absolute atomic E-state index is 0.118. The van der Waals surface area contributed by atoms with Crippen LogP contribution in [0.1, 0.15) is 59.3 Å². The quantitative estimate of drug-likeness (QED) is 0.442. The number of carbonyl (C=O) groups is 2. The number of thiol groups is 1. The Labute approximate surface area is 160 Å². The topological polar surface area (TPSA) is 52.6 Å². The highest BCUT2D eigenvalue weighted by molar-refractivity contribution is 8.08. The van der Waals surface area contributed by atoms with Gasteiger partial charge in [0.25, 0.3) is 0 Å². The van der Waals surface area contributed by atoms with Gasteiger partial charge in [0.2, 0.25) is 0 Å². The number of thioether (sulfide) groups is 1. The lowest BCUT2D eigenvalue weighted by atomic mass is 9.74.